The molecular formula is C7H15NO. The summed E-state index contributed by atoms with van der Waals surface area (Å²) in [6.07, 6.45) is 4.29. The van der Waals surface area contributed by atoms with Gasteiger partial charge in [0.25, 0.3) is 0 Å². The van der Waals surface area contributed by atoms with Gasteiger partial charge in [0.2, 0.25) is 0 Å². The summed E-state index contributed by atoms with van der Waals surface area (Å²) in [6.45, 7) is 2.15. The van der Waals surface area contributed by atoms with E-state index in [0.29, 0.717) is 5.90 Å². The van der Waals surface area contributed by atoms with E-state index < -0.39 is 0 Å². The van der Waals surface area contributed by atoms with E-state index in [4.69, 9.17) is 5.41 Å². The van der Waals surface area contributed by atoms with Crippen molar-refractivity contribution in [3.63, 3.8) is 0 Å². The molecule has 0 saturated carbocycles. The van der Waals surface area contributed by atoms with E-state index >= 15 is 0 Å². The molecule has 54 valence electrons. The largest absolute Gasteiger partial charge is 0.484 e. The van der Waals surface area contributed by atoms with Crippen LogP contribution in [0.15, 0.2) is 0 Å². The maximum Gasteiger partial charge on any atom is 0.180 e. The fourth-order valence-electron chi connectivity index (χ4n) is 0.638. The first-order chi connectivity index (χ1) is 4.31. The molecule has 2 nitrogen and oxygen atoms in total. The highest BCUT2D eigenvalue weighted by molar-refractivity contribution is 5.72. The fraction of sp³-hybridized carbons (Fsp3) is 0.857. The van der Waals surface area contributed by atoms with Crippen LogP contribution >= 0.6 is 0 Å². The predicted octanol–water partition coefficient (Wildman–Crippen LogP) is 2.19. The van der Waals surface area contributed by atoms with E-state index in [1.165, 1.54) is 12.8 Å². The zero-order valence-corrected chi connectivity index (χ0v) is 6.24. The molecule has 0 bridgehead atoms. The molecule has 0 aromatic carbocycles. The highest BCUT2D eigenvalue weighted by atomic mass is 16.5. The van der Waals surface area contributed by atoms with Gasteiger partial charge in [0, 0.05) is 6.42 Å². The minimum absolute atomic E-state index is 0.406. The van der Waals surface area contributed by atoms with E-state index in [-0.39, 0.29) is 0 Å². The molecule has 0 aliphatic rings. The zero-order chi connectivity index (χ0) is 7.11. The number of rotatable bonds is 4. The number of hydrogen-bond acceptors (Lipinski definition) is 2. The molecule has 0 aromatic rings. The van der Waals surface area contributed by atoms with Crippen LogP contribution in [-0.2, 0) is 4.74 Å². The first kappa shape index (κ1) is 8.47. The van der Waals surface area contributed by atoms with Gasteiger partial charge in [-0.25, -0.2) is 0 Å². The van der Waals surface area contributed by atoms with Gasteiger partial charge in [-0.2, -0.15) is 0 Å². The Morgan fingerprint density at radius 1 is 1.44 bits per heavy atom. The first-order valence-corrected chi connectivity index (χ1v) is 3.42. The van der Waals surface area contributed by atoms with E-state index in [0.717, 1.165) is 12.8 Å². The summed E-state index contributed by atoms with van der Waals surface area (Å²) in [6, 6.07) is 0. The summed E-state index contributed by atoms with van der Waals surface area (Å²) in [7, 11) is 1.55. The Balaban J connectivity index is 2.97. The van der Waals surface area contributed by atoms with Crippen molar-refractivity contribution in [3.8, 4) is 0 Å². The predicted molar refractivity (Wildman–Crippen MR) is 38.9 cm³/mol. The molecule has 9 heavy (non-hydrogen) atoms. The van der Waals surface area contributed by atoms with Crippen LogP contribution in [0.25, 0.3) is 0 Å². The lowest BCUT2D eigenvalue weighted by atomic mass is 10.2. The van der Waals surface area contributed by atoms with Crippen LogP contribution in [0.2, 0.25) is 0 Å². The summed E-state index contributed by atoms with van der Waals surface area (Å²) in [5.41, 5.74) is 0. The van der Waals surface area contributed by atoms with Crippen LogP contribution in [0, 0.1) is 5.41 Å². The third kappa shape index (κ3) is 5.34. The molecular weight excluding hydrogens is 114 g/mol. The lowest BCUT2D eigenvalue weighted by Gasteiger charge is -1.99. The molecule has 0 aromatic heterocycles. The maximum absolute atomic E-state index is 7.09. The van der Waals surface area contributed by atoms with Gasteiger partial charge in [0.1, 0.15) is 0 Å². The lowest BCUT2D eigenvalue weighted by Crippen LogP contribution is -1.97. The van der Waals surface area contributed by atoms with Crippen molar-refractivity contribution in [2.75, 3.05) is 7.11 Å². The Hall–Kier alpha value is -0.530. The maximum atomic E-state index is 7.09. The molecule has 2 heteroatoms. The SMILES string of the molecule is CCCCCC(=N)OC. The van der Waals surface area contributed by atoms with Crippen molar-refractivity contribution >= 4 is 5.90 Å². The van der Waals surface area contributed by atoms with Gasteiger partial charge in [-0.05, 0) is 6.42 Å². The van der Waals surface area contributed by atoms with Crippen molar-refractivity contribution < 1.29 is 4.74 Å². The number of nitrogens with one attached hydrogen (secondary N) is 1. The molecule has 0 atom stereocenters. The van der Waals surface area contributed by atoms with Crippen LogP contribution in [0.4, 0.5) is 0 Å². The Morgan fingerprint density at radius 3 is 2.56 bits per heavy atom. The smallest absolute Gasteiger partial charge is 0.180 e. The molecule has 0 spiro atoms. The zero-order valence-electron chi connectivity index (χ0n) is 6.24. The van der Waals surface area contributed by atoms with Gasteiger partial charge in [0.15, 0.2) is 5.90 Å². The minimum atomic E-state index is 0.406. The quantitative estimate of drug-likeness (QED) is 0.352. The summed E-state index contributed by atoms with van der Waals surface area (Å²) in [5, 5.41) is 7.09. The number of methoxy groups -OCH3 is 1. The molecule has 0 amide bonds. The van der Waals surface area contributed by atoms with E-state index in [9.17, 15) is 0 Å². The van der Waals surface area contributed by atoms with Crippen molar-refractivity contribution in [2.24, 2.45) is 0 Å². The molecule has 0 fully saturated rings. The van der Waals surface area contributed by atoms with Crippen molar-refractivity contribution in [1.82, 2.24) is 0 Å². The van der Waals surface area contributed by atoms with Gasteiger partial charge >= 0.3 is 0 Å². The van der Waals surface area contributed by atoms with Gasteiger partial charge in [-0.1, -0.05) is 19.8 Å². The Kier molecular flexibility index (Phi) is 5.27. The van der Waals surface area contributed by atoms with Gasteiger partial charge in [-0.3, -0.25) is 5.41 Å². The standard InChI is InChI=1S/C7H15NO/c1-3-4-5-6-7(8)9-2/h8H,3-6H2,1-2H3. The average molecular weight is 129 g/mol. The number of hydrogen-bond donors (Lipinski definition) is 1. The topological polar surface area (TPSA) is 33.1 Å². The van der Waals surface area contributed by atoms with E-state index in [2.05, 4.69) is 11.7 Å². The van der Waals surface area contributed by atoms with Crippen LogP contribution in [0.1, 0.15) is 32.6 Å². The van der Waals surface area contributed by atoms with Crippen molar-refractivity contribution in [2.45, 2.75) is 32.6 Å². The van der Waals surface area contributed by atoms with Gasteiger partial charge in [0.05, 0.1) is 7.11 Å². The molecule has 0 radical (unpaired) electrons. The van der Waals surface area contributed by atoms with Crippen LogP contribution in [0.3, 0.4) is 0 Å². The molecule has 0 rings (SSSR count). The van der Waals surface area contributed by atoms with Gasteiger partial charge < -0.3 is 4.74 Å². The van der Waals surface area contributed by atoms with Crippen molar-refractivity contribution in [3.05, 3.63) is 0 Å². The monoisotopic (exact) mass is 129 g/mol. The lowest BCUT2D eigenvalue weighted by molar-refractivity contribution is 0.383. The molecule has 0 aliphatic carbocycles. The summed E-state index contributed by atoms with van der Waals surface area (Å²) in [5.74, 6) is 0.406. The third-order valence-electron chi connectivity index (χ3n) is 1.25. The third-order valence-corrected chi connectivity index (χ3v) is 1.25. The molecule has 0 heterocycles. The van der Waals surface area contributed by atoms with Crippen LogP contribution < -0.4 is 0 Å². The second kappa shape index (κ2) is 5.60. The molecule has 0 saturated heterocycles. The van der Waals surface area contributed by atoms with Crippen LogP contribution in [0.5, 0.6) is 0 Å². The van der Waals surface area contributed by atoms with E-state index in [1.807, 2.05) is 0 Å². The number of unbranched alkanes of at least 4 members (excludes halogenated alkanes) is 2. The Morgan fingerprint density at radius 2 is 2.11 bits per heavy atom. The summed E-state index contributed by atoms with van der Waals surface area (Å²) in [4.78, 5) is 0. The van der Waals surface area contributed by atoms with Crippen LogP contribution in [-0.4, -0.2) is 13.0 Å². The first-order valence-electron chi connectivity index (χ1n) is 3.42. The van der Waals surface area contributed by atoms with E-state index in [1.54, 1.807) is 7.11 Å². The average Bonchev–Trinajstić information content (AvgIpc) is 1.89. The molecule has 0 aliphatic heterocycles. The second-order valence-electron chi connectivity index (χ2n) is 2.08. The molecule has 0 unspecified atom stereocenters. The number of ether oxygens (including phenoxy) is 1. The van der Waals surface area contributed by atoms with Crippen molar-refractivity contribution in [1.29, 1.82) is 5.41 Å². The summed E-state index contributed by atoms with van der Waals surface area (Å²) >= 11 is 0. The highest BCUT2D eigenvalue weighted by Crippen LogP contribution is 1.99. The highest BCUT2D eigenvalue weighted by Gasteiger charge is 1.92. The summed E-state index contributed by atoms with van der Waals surface area (Å²) < 4.78 is 4.68. The normalized spacial score (nSPS) is 9.11. The Bertz CT molecular complexity index is 81.0. The Labute approximate surface area is 56.7 Å². The molecule has 1 N–H and O–H groups in total. The van der Waals surface area contributed by atoms with Gasteiger partial charge in [-0.15, -0.1) is 0 Å². The fourth-order valence-corrected chi connectivity index (χ4v) is 0.638. The second-order valence-corrected chi connectivity index (χ2v) is 2.08. The minimum Gasteiger partial charge on any atom is -0.484 e.